The molecule has 0 saturated carbocycles. The minimum Gasteiger partial charge on any atom is -0.489 e. The third kappa shape index (κ3) is 34.2. The quantitative estimate of drug-likeness (QED) is 0.0229. The Hall–Kier alpha value is -13.8. The minimum absolute atomic E-state index is 0.0686. The molecule has 133 heavy (non-hydrogen) atoms. The largest absolute Gasteiger partial charge is 0.489 e. The number of methoxy groups -OCH3 is 6. The van der Waals surface area contributed by atoms with Crippen molar-refractivity contribution in [2.75, 3.05) is 74.6 Å². The summed E-state index contributed by atoms with van der Waals surface area (Å²) in [5.41, 5.74) is 23.5. The van der Waals surface area contributed by atoms with Gasteiger partial charge in [-0.05, 0) is 234 Å². The van der Waals surface area contributed by atoms with Crippen molar-refractivity contribution in [2.45, 2.75) is 130 Å². The van der Waals surface area contributed by atoms with Crippen LogP contribution in [0.2, 0.25) is 5.02 Å². The molecule has 0 aromatic heterocycles. The first-order valence-electron chi connectivity index (χ1n) is 41.8. The number of anilines is 6. The van der Waals surface area contributed by atoms with Gasteiger partial charge < -0.3 is 56.8 Å². The lowest BCUT2D eigenvalue weighted by Crippen LogP contribution is -2.14. The summed E-state index contributed by atoms with van der Waals surface area (Å²) in [5.74, 6) is 4.32. The van der Waals surface area contributed by atoms with E-state index < -0.39 is 42.4 Å². The molecule has 12 rings (SSSR count). The van der Waals surface area contributed by atoms with Crippen molar-refractivity contribution in [3.05, 3.63) is 355 Å². The molecular weight excluding hydrogens is 1890 g/mol. The summed E-state index contributed by atoms with van der Waals surface area (Å²) in [6.45, 7) is 31.8. The fourth-order valence-electron chi connectivity index (χ4n) is 13.0. The highest BCUT2D eigenvalue weighted by atomic mass is 127. The molecule has 0 saturated heterocycles. The summed E-state index contributed by atoms with van der Waals surface area (Å²) >= 11 is 11.7. The Labute approximate surface area is 805 Å². The predicted octanol–water partition coefficient (Wildman–Crippen LogP) is 27.5. The topological polar surface area (TPSA) is 285 Å². The summed E-state index contributed by atoms with van der Waals surface area (Å²) in [5, 5.41) is 16.3. The number of carbonyl (C=O) groups is 6. The predicted molar refractivity (Wildman–Crippen MR) is 537 cm³/mol. The highest BCUT2D eigenvalue weighted by molar-refractivity contribution is 14.1. The molecule has 12 aromatic carbocycles. The molecule has 0 bridgehead atoms. The van der Waals surface area contributed by atoms with Crippen molar-refractivity contribution in [3.8, 4) is 34.5 Å². The van der Waals surface area contributed by atoms with E-state index in [0.29, 0.717) is 60.7 Å². The van der Waals surface area contributed by atoms with E-state index in [1.54, 1.807) is 24.3 Å². The zero-order valence-corrected chi connectivity index (χ0v) is 82.7. The third-order valence-corrected chi connectivity index (χ3v) is 21.8. The highest BCUT2D eigenvalue weighted by Crippen LogP contribution is 2.35. The molecule has 0 aliphatic heterocycles. The first-order chi connectivity index (χ1) is 63.6. The molecule has 0 fully saturated rings. The van der Waals surface area contributed by atoms with E-state index in [1.165, 1.54) is 76.5 Å². The molecule has 6 amide bonds. The molecule has 0 radical (unpaired) electrons. The lowest BCUT2D eigenvalue weighted by molar-refractivity contribution is 0.186. The van der Waals surface area contributed by atoms with Crippen molar-refractivity contribution >= 4 is 127 Å². The maximum Gasteiger partial charge on any atom is 0.411 e. The lowest BCUT2D eigenvalue weighted by Gasteiger charge is -2.15. The van der Waals surface area contributed by atoms with Gasteiger partial charge in [0.2, 0.25) is 0 Å². The van der Waals surface area contributed by atoms with Gasteiger partial charge in [-0.1, -0.05) is 215 Å². The fourth-order valence-corrected chi connectivity index (χ4v) is 14.5. The number of ether oxygens (including phenoxy) is 12. The molecule has 12 aromatic rings. The van der Waals surface area contributed by atoms with Gasteiger partial charge in [0.25, 0.3) is 0 Å². The normalized spacial score (nSPS) is 10.2. The van der Waals surface area contributed by atoms with Gasteiger partial charge in [0.05, 0.1) is 81.8 Å². The summed E-state index contributed by atoms with van der Waals surface area (Å²) in [4.78, 5) is 68.7. The van der Waals surface area contributed by atoms with Crippen LogP contribution in [0.1, 0.15) is 111 Å². The van der Waals surface area contributed by atoms with E-state index in [1.807, 2.05) is 240 Å². The van der Waals surface area contributed by atoms with E-state index in [4.69, 9.17) is 40.0 Å². The second-order valence-electron chi connectivity index (χ2n) is 30.3. The molecule has 0 unspecified atom stereocenters. The van der Waals surface area contributed by atoms with Crippen LogP contribution in [-0.4, -0.2) is 79.2 Å². The van der Waals surface area contributed by atoms with Gasteiger partial charge >= 0.3 is 36.6 Å². The first kappa shape index (κ1) is 106. The van der Waals surface area contributed by atoms with Crippen LogP contribution in [0.3, 0.4) is 0 Å². The number of carbonyl (C=O) groups excluding carboxylic acids is 6. The number of amides is 6. The molecule has 700 valence electrons. The third-order valence-electron chi connectivity index (χ3n) is 19.9. The Morgan fingerprint density at radius 2 is 0.556 bits per heavy atom. The van der Waals surface area contributed by atoms with Crippen LogP contribution in [0.15, 0.2) is 229 Å². The molecular formula is C105H114BrClFIN6O18. The Morgan fingerprint density at radius 3 is 0.895 bits per heavy atom. The zero-order valence-electron chi connectivity index (χ0n) is 78.2. The van der Waals surface area contributed by atoms with Crippen LogP contribution < -0.4 is 60.3 Å². The minimum atomic E-state index is -0.724. The van der Waals surface area contributed by atoms with Crippen molar-refractivity contribution < 1.29 is 90.0 Å². The maximum absolute atomic E-state index is 13.9. The van der Waals surface area contributed by atoms with E-state index in [2.05, 4.69) is 150 Å². The van der Waals surface area contributed by atoms with Crippen LogP contribution in [0, 0.1) is 99.4 Å². The van der Waals surface area contributed by atoms with Gasteiger partial charge in [-0.2, -0.15) is 0 Å². The smallest absolute Gasteiger partial charge is 0.411 e. The van der Waals surface area contributed by atoms with Gasteiger partial charge in [-0.3, -0.25) is 31.9 Å². The van der Waals surface area contributed by atoms with E-state index in [9.17, 15) is 33.2 Å². The zero-order chi connectivity index (χ0) is 97.4. The monoisotopic (exact) mass is 2010 g/mol. The molecule has 0 aliphatic rings. The number of hydrogen-bond donors (Lipinski definition) is 6. The standard InChI is InChI=1S/C19H21NO3.C18H21NO3.C17H18BrNO3.C17H18ClNO3.C17H18FNO3.C17H18INO3/c1-5-15-7-6-8-16(18(15)20-19(21)22-4)12-23-17-10-9-13(2)11-14(17)3;1-12-8-9-16(14(3)10-12)22-11-15-7-5-6-13(2)17(15)19-18(20)21-4;4*1-11-7-8-15(12(2)9-11)22-10-13-5-4-6-14(18)16(13)19-17(20)21-3/h5-11H,1,12H2,2-4H3,(H,20,21);5-10H,11H2,1-4H3,(H,19,20);4*4-9H,10H2,1-3H3,(H,19,20). The molecule has 28 heteroatoms. The summed E-state index contributed by atoms with van der Waals surface area (Å²) in [6, 6.07) is 68.8. The van der Waals surface area contributed by atoms with E-state index >= 15 is 0 Å². The van der Waals surface area contributed by atoms with Gasteiger partial charge in [-0.15, -0.1) is 0 Å². The number of para-hydroxylation sites is 6. The van der Waals surface area contributed by atoms with Crippen LogP contribution in [-0.2, 0) is 68.1 Å². The van der Waals surface area contributed by atoms with Crippen molar-refractivity contribution in [2.24, 2.45) is 0 Å². The number of halogens is 4. The molecule has 6 N–H and O–H groups in total. The van der Waals surface area contributed by atoms with Gasteiger partial charge in [0, 0.05) is 41.4 Å². The van der Waals surface area contributed by atoms with Crippen LogP contribution in [0.4, 0.5) is 67.3 Å². The molecule has 0 heterocycles. The Kier molecular flexibility index (Phi) is 43.3. The number of aryl methyl sites for hydroxylation is 13. The van der Waals surface area contributed by atoms with Crippen LogP contribution in [0.25, 0.3) is 6.08 Å². The number of hydrogen-bond acceptors (Lipinski definition) is 18. The summed E-state index contributed by atoms with van der Waals surface area (Å²) in [7, 11) is 7.88. The Bertz CT molecular complexity index is 5330. The number of nitrogens with one attached hydrogen (secondary N) is 6. The van der Waals surface area contributed by atoms with Crippen LogP contribution in [0.5, 0.6) is 34.5 Å². The Morgan fingerprint density at radius 1 is 0.308 bits per heavy atom. The number of benzene rings is 12. The van der Waals surface area contributed by atoms with Gasteiger partial charge in [-0.25, -0.2) is 33.2 Å². The van der Waals surface area contributed by atoms with Gasteiger partial charge in [0.15, 0.2) is 0 Å². The summed E-state index contributed by atoms with van der Waals surface area (Å²) in [6.07, 6.45) is -1.62. The Balaban J connectivity index is 0.000000218. The highest BCUT2D eigenvalue weighted by Gasteiger charge is 2.20. The van der Waals surface area contributed by atoms with Crippen molar-refractivity contribution in [1.82, 2.24) is 0 Å². The molecule has 0 atom stereocenters. The fraction of sp³-hybridized carbons (Fsp3) is 0.238. The molecule has 0 aliphatic carbocycles. The van der Waals surface area contributed by atoms with Crippen LogP contribution >= 0.6 is 50.1 Å². The maximum atomic E-state index is 13.9. The first-order valence-corrected chi connectivity index (χ1v) is 44.1. The summed E-state index contributed by atoms with van der Waals surface area (Å²) < 4.78 is 78.5. The average molecular weight is 2010 g/mol. The second kappa shape index (κ2) is 54.1. The van der Waals surface area contributed by atoms with Gasteiger partial charge in [0.1, 0.15) is 80.0 Å². The SMILES string of the molecule is C=Cc1cccc(COc2ccc(C)cc2C)c1NC(=O)OC.COC(=O)Nc1c(Br)cccc1COc1ccc(C)cc1C.COC(=O)Nc1c(C)cccc1COc1ccc(C)cc1C.COC(=O)Nc1c(Cl)cccc1COc1ccc(C)cc1C.COC(=O)Nc1c(F)cccc1COc1ccc(C)cc1C.COC(=O)Nc1c(I)cccc1COc1ccc(C)cc1C. The number of rotatable bonds is 25. The molecule has 0 spiro atoms. The van der Waals surface area contributed by atoms with E-state index in [0.717, 1.165) is 132 Å². The molecule has 24 nitrogen and oxygen atoms in total. The average Bonchev–Trinajstić information content (AvgIpc) is 0.752. The second-order valence-corrected chi connectivity index (χ2v) is 32.8. The van der Waals surface area contributed by atoms with E-state index in [-0.39, 0.29) is 12.3 Å². The van der Waals surface area contributed by atoms with Crippen molar-refractivity contribution in [1.29, 1.82) is 0 Å². The van der Waals surface area contributed by atoms with Crippen molar-refractivity contribution in [3.63, 3.8) is 0 Å². The lowest BCUT2D eigenvalue weighted by atomic mass is 10.1.